The van der Waals surface area contributed by atoms with E-state index in [0.717, 1.165) is 51.4 Å². The van der Waals surface area contributed by atoms with Crippen LogP contribution in [0.4, 0.5) is 4.79 Å². The number of guanidine groups is 1. The van der Waals surface area contributed by atoms with Crippen molar-refractivity contribution in [2.24, 2.45) is 10.9 Å². The van der Waals surface area contributed by atoms with E-state index < -0.39 is 5.60 Å². The summed E-state index contributed by atoms with van der Waals surface area (Å²) < 4.78 is 10.7. The van der Waals surface area contributed by atoms with Crippen LogP contribution in [0.3, 0.4) is 0 Å². The van der Waals surface area contributed by atoms with Gasteiger partial charge >= 0.3 is 6.09 Å². The van der Waals surface area contributed by atoms with Gasteiger partial charge in [0.25, 0.3) is 0 Å². The van der Waals surface area contributed by atoms with E-state index in [4.69, 9.17) is 9.47 Å². The zero-order valence-corrected chi connectivity index (χ0v) is 17.4. The molecule has 0 saturated carbocycles. The quantitative estimate of drug-likeness (QED) is 0.532. The summed E-state index contributed by atoms with van der Waals surface area (Å²) in [6.07, 6.45) is 2.93. The number of amides is 1. The lowest BCUT2D eigenvalue weighted by Gasteiger charge is -2.34. The highest BCUT2D eigenvalue weighted by atomic mass is 16.6. The maximum absolute atomic E-state index is 12.3. The second-order valence-corrected chi connectivity index (χ2v) is 7.98. The van der Waals surface area contributed by atoms with Gasteiger partial charge in [-0.1, -0.05) is 0 Å². The summed E-state index contributed by atoms with van der Waals surface area (Å²) in [4.78, 5) is 18.8. The molecule has 2 N–H and O–H groups in total. The number of carbonyl (C=O) groups excluding carboxylic acids is 1. The molecule has 1 rings (SSSR count). The minimum absolute atomic E-state index is 0.200. The van der Waals surface area contributed by atoms with Crippen molar-refractivity contribution in [2.45, 2.75) is 65.5 Å². The third kappa shape index (κ3) is 9.27. The first-order valence-corrected chi connectivity index (χ1v) is 9.76. The van der Waals surface area contributed by atoms with Crippen LogP contribution in [-0.4, -0.2) is 68.5 Å². The number of piperidine rings is 1. The largest absolute Gasteiger partial charge is 0.444 e. The second kappa shape index (κ2) is 11.3. The Hall–Kier alpha value is -1.50. The lowest BCUT2D eigenvalue weighted by Crippen LogP contribution is -2.44. The van der Waals surface area contributed by atoms with E-state index in [1.54, 1.807) is 7.11 Å². The number of rotatable bonds is 7. The predicted octanol–water partition coefficient (Wildman–Crippen LogP) is 2.61. The van der Waals surface area contributed by atoms with E-state index in [0.29, 0.717) is 12.5 Å². The van der Waals surface area contributed by atoms with Crippen molar-refractivity contribution in [1.29, 1.82) is 0 Å². The number of hydrogen-bond donors (Lipinski definition) is 2. The molecule has 2 unspecified atom stereocenters. The van der Waals surface area contributed by atoms with E-state index in [1.807, 2.05) is 25.7 Å². The molecule has 152 valence electrons. The van der Waals surface area contributed by atoms with Gasteiger partial charge in [0.05, 0.1) is 6.61 Å². The Labute approximate surface area is 158 Å². The first-order chi connectivity index (χ1) is 12.2. The average molecular weight is 371 g/mol. The van der Waals surface area contributed by atoms with Crippen molar-refractivity contribution in [3.63, 3.8) is 0 Å². The Kier molecular flexibility index (Phi) is 9.76. The average Bonchev–Trinajstić information content (AvgIpc) is 2.54. The van der Waals surface area contributed by atoms with Gasteiger partial charge in [-0.3, -0.25) is 4.99 Å². The van der Waals surface area contributed by atoms with Gasteiger partial charge in [0.1, 0.15) is 5.60 Å². The van der Waals surface area contributed by atoms with Crippen molar-refractivity contribution in [3.05, 3.63) is 0 Å². The van der Waals surface area contributed by atoms with Gasteiger partial charge in [-0.25, -0.2) is 4.79 Å². The van der Waals surface area contributed by atoms with Crippen LogP contribution in [0, 0.1) is 5.92 Å². The summed E-state index contributed by atoms with van der Waals surface area (Å²) in [5, 5.41) is 6.60. The van der Waals surface area contributed by atoms with Crippen molar-refractivity contribution in [1.82, 2.24) is 15.5 Å². The van der Waals surface area contributed by atoms with Gasteiger partial charge in [-0.2, -0.15) is 0 Å². The number of likely N-dealkylation sites (tertiary alicyclic amines) is 1. The lowest BCUT2D eigenvalue weighted by atomic mass is 9.95. The van der Waals surface area contributed by atoms with Gasteiger partial charge in [-0.05, 0) is 59.8 Å². The first-order valence-electron chi connectivity index (χ1n) is 9.76. The van der Waals surface area contributed by atoms with E-state index in [1.165, 1.54) is 0 Å². The number of hydrogen-bond acceptors (Lipinski definition) is 4. The topological polar surface area (TPSA) is 75.2 Å². The van der Waals surface area contributed by atoms with Gasteiger partial charge in [0.2, 0.25) is 0 Å². The number of ether oxygens (including phenoxy) is 2. The molecule has 2 atom stereocenters. The summed E-state index contributed by atoms with van der Waals surface area (Å²) in [6, 6.07) is 0.204. The maximum atomic E-state index is 12.3. The molecule has 1 fully saturated rings. The van der Waals surface area contributed by atoms with Crippen LogP contribution in [0.2, 0.25) is 0 Å². The molecule has 1 aliphatic heterocycles. The van der Waals surface area contributed by atoms with E-state index >= 15 is 0 Å². The first kappa shape index (κ1) is 22.5. The third-order valence-corrected chi connectivity index (χ3v) is 4.12. The van der Waals surface area contributed by atoms with Crippen LogP contribution >= 0.6 is 0 Å². The Balaban J connectivity index is 2.47. The van der Waals surface area contributed by atoms with Crippen molar-refractivity contribution < 1.29 is 14.3 Å². The Bertz CT molecular complexity index is 449. The summed E-state index contributed by atoms with van der Waals surface area (Å²) >= 11 is 0. The molecule has 1 amide bonds. The fourth-order valence-electron chi connectivity index (χ4n) is 3.00. The summed E-state index contributed by atoms with van der Waals surface area (Å²) in [7, 11) is 1.70. The molecule has 0 aliphatic carbocycles. The minimum Gasteiger partial charge on any atom is -0.444 e. The van der Waals surface area contributed by atoms with Crippen LogP contribution in [0.15, 0.2) is 4.99 Å². The molecular formula is C19H38N4O3. The lowest BCUT2D eigenvalue weighted by molar-refractivity contribution is 0.0163. The molecule has 0 spiro atoms. The van der Waals surface area contributed by atoms with E-state index in [-0.39, 0.29) is 12.1 Å². The number of carbonyl (C=O) groups is 1. The van der Waals surface area contributed by atoms with Gasteiger partial charge < -0.3 is 25.0 Å². The number of nitrogens with zero attached hydrogens (tertiary/aromatic N) is 2. The normalized spacial score (nSPS) is 19.8. The third-order valence-electron chi connectivity index (χ3n) is 4.12. The molecule has 0 aromatic heterocycles. The molecule has 0 radical (unpaired) electrons. The maximum Gasteiger partial charge on any atom is 0.410 e. The zero-order chi connectivity index (χ0) is 19.6. The summed E-state index contributed by atoms with van der Waals surface area (Å²) in [5.74, 6) is 1.29. The van der Waals surface area contributed by atoms with Gasteiger partial charge in [-0.15, -0.1) is 0 Å². The Morgan fingerprint density at radius 2 is 2.12 bits per heavy atom. The molecule has 0 aromatic rings. The molecule has 0 bridgehead atoms. The van der Waals surface area contributed by atoms with Crippen LogP contribution in [-0.2, 0) is 9.47 Å². The van der Waals surface area contributed by atoms with Crippen LogP contribution in [0.1, 0.15) is 53.9 Å². The van der Waals surface area contributed by atoms with Crippen molar-refractivity contribution in [3.8, 4) is 0 Å². The van der Waals surface area contributed by atoms with E-state index in [9.17, 15) is 4.79 Å². The highest BCUT2D eigenvalue weighted by Crippen LogP contribution is 2.21. The molecule has 1 aliphatic rings. The molecule has 7 heteroatoms. The second-order valence-electron chi connectivity index (χ2n) is 7.98. The Morgan fingerprint density at radius 1 is 1.38 bits per heavy atom. The van der Waals surface area contributed by atoms with Crippen molar-refractivity contribution in [2.75, 3.05) is 39.9 Å². The number of nitrogens with one attached hydrogen (secondary N) is 2. The SMILES string of the molecule is CCNC(=NCCC1CCCN(C(=O)OC(C)(C)C)C1)NC(C)COC. The zero-order valence-electron chi connectivity index (χ0n) is 17.4. The summed E-state index contributed by atoms with van der Waals surface area (Å²) in [5.41, 5.74) is -0.445. The highest BCUT2D eigenvalue weighted by Gasteiger charge is 2.27. The molecule has 7 nitrogen and oxygen atoms in total. The number of methoxy groups -OCH3 is 1. The van der Waals surface area contributed by atoms with Crippen LogP contribution in [0.5, 0.6) is 0 Å². The fraction of sp³-hybridized carbons (Fsp3) is 0.895. The Morgan fingerprint density at radius 3 is 2.73 bits per heavy atom. The number of aliphatic imine (C=N–C) groups is 1. The highest BCUT2D eigenvalue weighted by molar-refractivity contribution is 5.80. The molecule has 1 heterocycles. The molecule has 26 heavy (non-hydrogen) atoms. The fourth-order valence-corrected chi connectivity index (χ4v) is 3.00. The van der Waals surface area contributed by atoms with Gasteiger partial charge in [0, 0.05) is 39.3 Å². The van der Waals surface area contributed by atoms with Crippen LogP contribution in [0.25, 0.3) is 0 Å². The van der Waals surface area contributed by atoms with Gasteiger partial charge in [0.15, 0.2) is 5.96 Å². The van der Waals surface area contributed by atoms with Crippen LogP contribution < -0.4 is 10.6 Å². The smallest absolute Gasteiger partial charge is 0.410 e. The minimum atomic E-state index is -0.445. The molecule has 1 saturated heterocycles. The molecular weight excluding hydrogens is 332 g/mol. The monoisotopic (exact) mass is 370 g/mol. The standard InChI is InChI=1S/C19H38N4O3/c1-7-20-17(22-15(2)14-25-6)21-11-10-16-9-8-12-23(13-16)18(24)26-19(3,4)5/h15-16H,7-14H2,1-6H3,(H2,20,21,22). The van der Waals surface area contributed by atoms with E-state index in [2.05, 4.69) is 29.5 Å². The predicted molar refractivity (Wildman–Crippen MR) is 106 cm³/mol. The summed E-state index contributed by atoms with van der Waals surface area (Å²) in [6.45, 7) is 13.6. The molecule has 0 aromatic carbocycles. The van der Waals surface area contributed by atoms with Crippen molar-refractivity contribution >= 4 is 12.1 Å².